The van der Waals surface area contributed by atoms with Gasteiger partial charge in [-0.2, -0.15) is 0 Å². The first-order chi connectivity index (χ1) is 4.62. The van der Waals surface area contributed by atoms with Gasteiger partial charge in [-0.3, -0.25) is 4.79 Å². The van der Waals surface area contributed by atoms with Gasteiger partial charge in [0.2, 0.25) is 10.0 Å². The van der Waals surface area contributed by atoms with Crippen LogP contribution in [0.3, 0.4) is 0 Å². The van der Waals surface area contributed by atoms with Crippen molar-refractivity contribution in [1.82, 2.24) is 10.0 Å². The van der Waals surface area contributed by atoms with Crippen LogP contribution in [0.5, 0.6) is 0 Å². The Morgan fingerprint density at radius 3 is 2.50 bits per heavy atom. The van der Waals surface area contributed by atoms with Crippen LogP contribution in [-0.2, 0) is 14.8 Å². The monoisotopic (exact) mass is 165 g/mol. The van der Waals surface area contributed by atoms with Crippen LogP contribution in [0, 0.1) is 0 Å². The van der Waals surface area contributed by atoms with Crippen molar-refractivity contribution < 1.29 is 13.2 Å². The third-order valence-electron chi connectivity index (χ3n) is 0.879. The van der Waals surface area contributed by atoms with E-state index in [1.54, 1.807) is 0 Å². The SMILES string of the molecule is CNS(=O)(=O)CCN[C]=O. The lowest BCUT2D eigenvalue weighted by Crippen LogP contribution is -2.28. The zero-order valence-electron chi connectivity index (χ0n) is 5.55. The van der Waals surface area contributed by atoms with Gasteiger partial charge >= 0.3 is 6.41 Å². The van der Waals surface area contributed by atoms with E-state index < -0.39 is 10.0 Å². The van der Waals surface area contributed by atoms with Gasteiger partial charge in [-0.25, -0.2) is 13.1 Å². The van der Waals surface area contributed by atoms with Crippen LogP contribution in [0.2, 0.25) is 0 Å². The molecule has 0 unspecified atom stereocenters. The standard InChI is InChI=1S/C4H9N2O3S/c1-5-10(8,9)3-2-6-4-7/h5H,2-3H2,1H3,(H,6,7). The van der Waals surface area contributed by atoms with Crippen molar-refractivity contribution in [3.63, 3.8) is 0 Å². The predicted octanol–water partition coefficient (Wildman–Crippen LogP) is -1.81. The van der Waals surface area contributed by atoms with E-state index in [-0.39, 0.29) is 12.3 Å². The van der Waals surface area contributed by atoms with Crippen molar-refractivity contribution in [1.29, 1.82) is 0 Å². The maximum absolute atomic E-state index is 10.6. The molecule has 0 saturated heterocycles. The first-order valence-electron chi connectivity index (χ1n) is 2.63. The Bertz CT molecular complexity index is 187. The van der Waals surface area contributed by atoms with Crippen molar-refractivity contribution in [2.24, 2.45) is 0 Å². The van der Waals surface area contributed by atoms with Gasteiger partial charge in [-0.15, -0.1) is 0 Å². The molecule has 0 saturated carbocycles. The summed E-state index contributed by atoms with van der Waals surface area (Å²) in [6.45, 7) is 0.0900. The number of amides is 1. The first kappa shape index (κ1) is 9.38. The summed E-state index contributed by atoms with van der Waals surface area (Å²) in [6, 6.07) is 0. The van der Waals surface area contributed by atoms with Crippen LogP contribution in [-0.4, -0.2) is 34.2 Å². The minimum Gasteiger partial charge on any atom is -0.347 e. The minimum absolute atomic E-state index is 0.0900. The molecular formula is C4H9N2O3S. The van der Waals surface area contributed by atoms with E-state index in [1.165, 1.54) is 13.5 Å². The van der Waals surface area contributed by atoms with Crippen LogP contribution in [0.15, 0.2) is 0 Å². The average Bonchev–Trinajstić information content (AvgIpc) is 1.89. The highest BCUT2D eigenvalue weighted by molar-refractivity contribution is 7.89. The Hall–Kier alpha value is -0.620. The van der Waals surface area contributed by atoms with Crippen LogP contribution < -0.4 is 10.0 Å². The molecule has 2 N–H and O–H groups in total. The number of hydrogen-bond acceptors (Lipinski definition) is 3. The molecule has 0 aliphatic carbocycles. The lowest BCUT2D eigenvalue weighted by molar-refractivity contribution is 0.543. The largest absolute Gasteiger partial charge is 0.347 e. The van der Waals surface area contributed by atoms with E-state index >= 15 is 0 Å². The van der Waals surface area contributed by atoms with Gasteiger partial charge in [-0.1, -0.05) is 0 Å². The van der Waals surface area contributed by atoms with Gasteiger partial charge in [-0.05, 0) is 7.05 Å². The van der Waals surface area contributed by atoms with E-state index in [0.717, 1.165) is 0 Å². The maximum atomic E-state index is 10.6. The summed E-state index contributed by atoms with van der Waals surface area (Å²) < 4.78 is 23.3. The quantitative estimate of drug-likeness (QED) is 0.372. The number of sulfonamides is 1. The van der Waals surface area contributed by atoms with Gasteiger partial charge < -0.3 is 5.32 Å². The third-order valence-corrected chi connectivity index (χ3v) is 2.24. The fourth-order valence-corrected chi connectivity index (χ4v) is 0.913. The molecule has 1 radical (unpaired) electrons. The van der Waals surface area contributed by atoms with Crippen LogP contribution >= 0.6 is 0 Å². The summed E-state index contributed by atoms with van der Waals surface area (Å²) in [5, 5.41) is 2.11. The summed E-state index contributed by atoms with van der Waals surface area (Å²) in [4.78, 5) is 9.53. The molecule has 59 valence electrons. The van der Waals surface area contributed by atoms with Gasteiger partial charge in [0.05, 0.1) is 5.75 Å². The van der Waals surface area contributed by atoms with E-state index in [2.05, 4.69) is 10.0 Å². The first-order valence-corrected chi connectivity index (χ1v) is 4.29. The molecule has 0 fully saturated rings. The molecule has 0 rings (SSSR count). The second-order valence-corrected chi connectivity index (χ2v) is 3.60. The number of carbonyl (C=O) groups excluding carboxylic acids is 1. The molecule has 0 aliphatic heterocycles. The summed E-state index contributed by atoms with van der Waals surface area (Å²) in [7, 11) is -1.86. The minimum atomic E-state index is -3.18. The molecule has 0 heterocycles. The van der Waals surface area contributed by atoms with E-state index in [1.807, 2.05) is 0 Å². The third kappa shape index (κ3) is 4.28. The molecule has 0 atom stereocenters. The second kappa shape index (κ2) is 4.24. The lowest BCUT2D eigenvalue weighted by atomic mass is 10.8. The molecule has 0 aliphatic rings. The molecule has 6 heteroatoms. The fourth-order valence-electron chi connectivity index (χ4n) is 0.338. The summed E-state index contributed by atoms with van der Waals surface area (Å²) in [5.41, 5.74) is 0. The Labute approximate surface area is 59.9 Å². The van der Waals surface area contributed by atoms with E-state index in [4.69, 9.17) is 0 Å². The topological polar surface area (TPSA) is 75.3 Å². The summed E-state index contributed by atoms with van der Waals surface area (Å²) in [6.07, 6.45) is 1.37. The zero-order chi connectivity index (χ0) is 8.04. The van der Waals surface area contributed by atoms with E-state index in [9.17, 15) is 13.2 Å². The van der Waals surface area contributed by atoms with Gasteiger partial charge in [0.1, 0.15) is 0 Å². The molecule has 1 amide bonds. The smallest absolute Gasteiger partial charge is 0.309 e. The molecule has 0 aromatic heterocycles. The highest BCUT2D eigenvalue weighted by Gasteiger charge is 2.04. The summed E-state index contributed by atoms with van der Waals surface area (Å²) >= 11 is 0. The predicted molar refractivity (Wildman–Crippen MR) is 36.5 cm³/mol. The number of nitrogens with one attached hydrogen (secondary N) is 2. The molecule has 0 spiro atoms. The van der Waals surface area contributed by atoms with Gasteiger partial charge in [0, 0.05) is 6.54 Å². The average molecular weight is 165 g/mol. The second-order valence-electron chi connectivity index (χ2n) is 1.55. The number of hydrogen-bond donors (Lipinski definition) is 2. The highest BCUT2D eigenvalue weighted by atomic mass is 32.2. The molecule has 0 bridgehead atoms. The van der Waals surface area contributed by atoms with Crippen LogP contribution in [0.1, 0.15) is 0 Å². The zero-order valence-corrected chi connectivity index (χ0v) is 6.36. The molecule has 0 aromatic carbocycles. The highest BCUT2D eigenvalue weighted by Crippen LogP contribution is 1.77. The molecule has 0 aromatic rings. The maximum Gasteiger partial charge on any atom is 0.309 e. The Balaban J connectivity index is 3.58. The van der Waals surface area contributed by atoms with Gasteiger partial charge in [0.25, 0.3) is 0 Å². The van der Waals surface area contributed by atoms with Crippen molar-refractivity contribution in [3.8, 4) is 0 Å². The van der Waals surface area contributed by atoms with Crippen LogP contribution in [0.4, 0.5) is 0 Å². The molecule has 5 nitrogen and oxygen atoms in total. The lowest BCUT2D eigenvalue weighted by Gasteiger charge is -1.98. The molecule has 10 heavy (non-hydrogen) atoms. The van der Waals surface area contributed by atoms with Gasteiger partial charge in [0.15, 0.2) is 0 Å². The van der Waals surface area contributed by atoms with Crippen molar-refractivity contribution >= 4 is 16.4 Å². The van der Waals surface area contributed by atoms with Crippen LogP contribution in [0.25, 0.3) is 0 Å². The number of rotatable bonds is 5. The summed E-state index contributed by atoms with van der Waals surface area (Å²) in [5.74, 6) is -0.112. The Morgan fingerprint density at radius 1 is 1.50 bits per heavy atom. The fraction of sp³-hybridized carbons (Fsp3) is 0.750. The van der Waals surface area contributed by atoms with E-state index in [0.29, 0.717) is 0 Å². The Kier molecular flexibility index (Phi) is 3.97. The van der Waals surface area contributed by atoms with Crippen molar-refractivity contribution in [2.75, 3.05) is 19.3 Å². The Morgan fingerprint density at radius 2 is 2.10 bits per heavy atom. The normalized spacial score (nSPS) is 10.9. The molecular weight excluding hydrogens is 156 g/mol. The van der Waals surface area contributed by atoms with Crippen molar-refractivity contribution in [3.05, 3.63) is 0 Å². The van der Waals surface area contributed by atoms with Crippen molar-refractivity contribution in [2.45, 2.75) is 0 Å².